The van der Waals surface area contributed by atoms with Crippen LogP contribution in [0.25, 0.3) is 0 Å². The second-order valence-corrected chi connectivity index (χ2v) is 6.69. The van der Waals surface area contributed by atoms with E-state index >= 15 is 0 Å². The van der Waals surface area contributed by atoms with Crippen molar-refractivity contribution in [2.24, 2.45) is 10.9 Å². The number of hydrogen-bond acceptors (Lipinski definition) is 4. The number of aryl methyl sites for hydroxylation is 1. The van der Waals surface area contributed by atoms with Crippen molar-refractivity contribution in [1.82, 2.24) is 10.6 Å². The zero-order valence-electron chi connectivity index (χ0n) is 17.0. The van der Waals surface area contributed by atoms with Gasteiger partial charge in [-0.05, 0) is 50.5 Å². The minimum Gasteiger partial charge on any atom is -0.396 e. The Hall–Kier alpha value is -1.42. The van der Waals surface area contributed by atoms with E-state index in [1.807, 2.05) is 19.1 Å². The summed E-state index contributed by atoms with van der Waals surface area (Å²) in [5.74, 6) is 1.25. The molecule has 0 aliphatic rings. The Balaban J connectivity index is 0.00000729. The fourth-order valence-corrected chi connectivity index (χ4v) is 2.93. The SMILES string of the molecule is CCCC(CCO)CN=C(NCC)NCCCCc1ccc([N+](=O)[O-])cc1.I. The molecule has 0 aliphatic carbocycles. The summed E-state index contributed by atoms with van der Waals surface area (Å²) in [6.07, 6.45) is 5.89. The van der Waals surface area contributed by atoms with E-state index in [4.69, 9.17) is 5.11 Å². The molecule has 3 N–H and O–H groups in total. The molecule has 0 bridgehead atoms. The predicted molar refractivity (Wildman–Crippen MR) is 126 cm³/mol. The van der Waals surface area contributed by atoms with Crippen LogP contribution in [0.4, 0.5) is 5.69 Å². The van der Waals surface area contributed by atoms with Crippen molar-refractivity contribution >= 4 is 35.6 Å². The number of nitro benzene ring substituents is 1. The van der Waals surface area contributed by atoms with E-state index in [0.717, 1.165) is 69.7 Å². The third kappa shape index (κ3) is 11.4. The number of nitrogens with zero attached hydrogens (tertiary/aromatic N) is 2. The number of nitro groups is 1. The van der Waals surface area contributed by atoms with E-state index in [1.165, 1.54) is 0 Å². The first kappa shape index (κ1) is 26.6. The second-order valence-electron chi connectivity index (χ2n) is 6.69. The van der Waals surface area contributed by atoms with Gasteiger partial charge in [-0.3, -0.25) is 15.1 Å². The summed E-state index contributed by atoms with van der Waals surface area (Å²) in [4.78, 5) is 14.9. The number of halogens is 1. The Morgan fingerprint density at radius 2 is 1.89 bits per heavy atom. The summed E-state index contributed by atoms with van der Waals surface area (Å²) in [6.45, 7) is 6.79. The maximum Gasteiger partial charge on any atom is 0.269 e. The number of non-ortho nitro benzene ring substituents is 1. The lowest BCUT2D eigenvalue weighted by Crippen LogP contribution is -2.38. The fraction of sp³-hybridized carbons (Fsp3) is 0.650. The number of hydrogen-bond donors (Lipinski definition) is 3. The van der Waals surface area contributed by atoms with Gasteiger partial charge in [-0.15, -0.1) is 24.0 Å². The van der Waals surface area contributed by atoms with Gasteiger partial charge in [-0.1, -0.05) is 25.5 Å². The van der Waals surface area contributed by atoms with Crippen molar-refractivity contribution < 1.29 is 10.0 Å². The number of benzene rings is 1. The number of aliphatic hydroxyl groups is 1. The third-order valence-corrected chi connectivity index (χ3v) is 4.42. The largest absolute Gasteiger partial charge is 0.396 e. The van der Waals surface area contributed by atoms with Crippen LogP contribution in [0.1, 0.15) is 51.5 Å². The number of rotatable bonds is 13. The van der Waals surface area contributed by atoms with Gasteiger partial charge < -0.3 is 15.7 Å². The molecule has 1 rings (SSSR count). The summed E-state index contributed by atoms with van der Waals surface area (Å²) in [7, 11) is 0. The zero-order valence-corrected chi connectivity index (χ0v) is 19.4. The average Bonchev–Trinajstić information content (AvgIpc) is 2.66. The van der Waals surface area contributed by atoms with Gasteiger partial charge in [-0.25, -0.2) is 0 Å². The number of aliphatic hydroxyl groups excluding tert-OH is 1. The highest BCUT2D eigenvalue weighted by atomic mass is 127. The molecule has 1 aromatic carbocycles. The van der Waals surface area contributed by atoms with Gasteiger partial charge in [0.15, 0.2) is 5.96 Å². The quantitative estimate of drug-likeness (QED) is 0.0942. The summed E-state index contributed by atoms with van der Waals surface area (Å²) < 4.78 is 0. The fourth-order valence-electron chi connectivity index (χ4n) is 2.93. The van der Waals surface area contributed by atoms with E-state index in [0.29, 0.717) is 5.92 Å². The van der Waals surface area contributed by atoms with Crippen LogP contribution in [0.2, 0.25) is 0 Å². The van der Waals surface area contributed by atoms with Gasteiger partial charge in [0.2, 0.25) is 0 Å². The first-order valence-electron chi connectivity index (χ1n) is 9.97. The van der Waals surface area contributed by atoms with E-state index in [2.05, 4.69) is 22.5 Å². The Morgan fingerprint density at radius 3 is 2.46 bits per heavy atom. The molecule has 0 spiro atoms. The molecular weight excluding hydrogens is 471 g/mol. The lowest BCUT2D eigenvalue weighted by Gasteiger charge is -2.15. The monoisotopic (exact) mass is 506 g/mol. The minimum absolute atomic E-state index is 0. The minimum atomic E-state index is -0.374. The van der Waals surface area contributed by atoms with Gasteiger partial charge in [-0.2, -0.15) is 0 Å². The molecule has 1 unspecified atom stereocenters. The molecule has 28 heavy (non-hydrogen) atoms. The molecule has 0 saturated carbocycles. The first-order chi connectivity index (χ1) is 13.1. The van der Waals surface area contributed by atoms with Gasteiger partial charge in [0.25, 0.3) is 5.69 Å². The number of nitrogens with one attached hydrogen (secondary N) is 2. The van der Waals surface area contributed by atoms with E-state index in [9.17, 15) is 10.1 Å². The molecule has 1 atom stereocenters. The van der Waals surface area contributed by atoms with Crippen LogP contribution in [0, 0.1) is 16.0 Å². The van der Waals surface area contributed by atoms with Crippen LogP contribution in [0.3, 0.4) is 0 Å². The maximum absolute atomic E-state index is 10.7. The van der Waals surface area contributed by atoms with Crippen molar-refractivity contribution in [1.29, 1.82) is 0 Å². The third-order valence-electron chi connectivity index (χ3n) is 4.42. The summed E-state index contributed by atoms with van der Waals surface area (Å²) >= 11 is 0. The Bertz CT molecular complexity index is 561. The number of unbranched alkanes of at least 4 members (excludes halogenated alkanes) is 1. The van der Waals surface area contributed by atoms with Gasteiger partial charge in [0.1, 0.15) is 0 Å². The highest BCUT2D eigenvalue weighted by Crippen LogP contribution is 2.13. The van der Waals surface area contributed by atoms with Crippen LogP contribution >= 0.6 is 24.0 Å². The number of guanidine groups is 1. The van der Waals surface area contributed by atoms with Crippen LogP contribution in [-0.4, -0.2) is 42.2 Å². The van der Waals surface area contributed by atoms with Crippen molar-refractivity contribution in [2.45, 2.75) is 52.4 Å². The molecule has 0 saturated heterocycles. The van der Waals surface area contributed by atoms with Crippen molar-refractivity contribution in [3.8, 4) is 0 Å². The highest BCUT2D eigenvalue weighted by Gasteiger charge is 2.07. The van der Waals surface area contributed by atoms with Gasteiger partial charge in [0.05, 0.1) is 4.92 Å². The molecule has 7 nitrogen and oxygen atoms in total. The molecule has 1 aromatic rings. The van der Waals surface area contributed by atoms with Crippen LogP contribution < -0.4 is 10.6 Å². The number of aliphatic imine (C=N–C) groups is 1. The van der Waals surface area contributed by atoms with Crippen LogP contribution in [0.5, 0.6) is 0 Å². The Kier molecular flexibility index (Phi) is 15.7. The normalized spacial score (nSPS) is 12.2. The van der Waals surface area contributed by atoms with E-state index in [-0.39, 0.29) is 41.2 Å². The van der Waals surface area contributed by atoms with Crippen LogP contribution in [0.15, 0.2) is 29.3 Å². The summed E-state index contributed by atoms with van der Waals surface area (Å²) in [5.41, 5.74) is 1.25. The molecule has 0 radical (unpaired) electrons. The van der Waals surface area contributed by atoms with Crippen molar-refractivity contribution in [3.05, 3.63) is 39.9 Å². The Labute approximate surface area is 185 Å². The van der Waals surface area contributed by atoms with E-state index in [1.54, 1.807) is 12.1 Å². The zero-order chi connectivity index (χ0) is 19.9. The van der Waals surface area contributed by atoms with Gasteiger partial charge in [0, 0.05) is 38.4 Å². The van der Waals surface area contributed by atoms with Crippen molar-refractivity contribution in [2.75, 3.05) is 26.2 Å². The molecule has 0 amide bonds. The highest BCUT2D eigenvalue weighted by molar-refractivity contribution is 14.0. The standard InChI is InChI=1S/C20H34N4O3.HI/c1-3-7-18(13-15-25)16-23-20(21-4-2)22-14-6-5-8-17-9-11-19(12-10-17)24(26)27;/h9-12,18,25H,3-8,13-16H2,1-2H3,(H2,21,22,23);1H. The molecule has 160 valence electrons. The molecule has 0 heterocycles. The molecule has 0 aromatic heterocycles. The average molecular weight is 506 g/mol. The molecule has 8 heteroatoms. The molecule has 0 fully saturated rings. The predicted octanol–water partition coefficient (Wildman–Crippen LogP) is 3.89. The lowest BCUT2D eigenvalue weighted by molar-refractivity contribution is -0.384. The molecular formula is C20H35IN4O3. The topological polar surface area (TPSA) is 99.8 Å². The first-order valence-corrected chi connectivity index (χ1v) is 9.97. The summed E-state index contributed by atoms with van der Waals surface area (Å²) in [6, 6.07) is 6.77. The maximum atomic E-state index is 10.7. The Morgan fingerprint density at radius 1 is 1.18 bits per heavy atom. The molecule has 0 aliphatic heterocycles. The lowest BCUT2D eigenvalue weighted by atomic mass is 10.0. The van der Waals surface area contributed by atoms with Crippen molar-refractivity contribution in [3.63, 3.8) is 0 Å². The van der Waals surface area contributed by atoms with Gasteiger partial charge >= 0.3 is 0 Å². The van der Waals surface area contributed by atoms with E-state index < -0.39 is 0 Å². The van der Waals surface area contributed by atoms with Crippen LogP contribution in [-0.2, 0) is 6.42 Å². The second kappa shape index (κ2) is 16.5. The summed E-state index contributed by atoms with van der Waals surface area (Å²) in [5, 5.41) is 26.4. The smallest absolute Gasteiger partial charge is 0.269 e.